The molecule has 2 N–H and O–H groups in total. The van der Waals surface area contributed by atoms with E-state index in [0.29, 0.717) is 35.8 Å². The van der Waals surface area contributed by atoms with Crippen LogP contribution in [-0.4, -0.2) is 76.5 Å². The second kappa shape index (κ2) is 11.7. The van der Waals surface area contributed by atoms with Crippen LogP contribution in [0.1, 0.15) is 34.8 Å². The zero-order valence-electron chi connectivity index (χ0n) is 20.7. The second-order valence-electron chi connectivity index (χ2n) is 9.44. The van der Waals surface area contributed by atoms with Crippen molar-refractivity contribution in [3.05, 3.63) is 53.6 Å². The SMILES string of the molecule is Cl.O=C(Cn1nc(C2CN(C(=O)c3ccnc(NC4CCOCC4)c3)C2)c2c(F)cccc21)NCC(F)(F)F. The number of fused-ring (bicyclic) bond motifs is 1. The van der Waals surface area contributed by atoms with E-state index >= 15 is 0 Å². The van der Waals surface area contributed by atoms with E-state index in [1.54, 1.807) is 34.6 Å². The summed E-state index contributed by atoms with van der Waals surface area (Å²) < 4.78 is 58.7. The van der Waals surface area contributed by atoms with Gasteiger partial charge in [-0.05, 0) is 37.1 Å². The van der Waals surface area contributed by atoms with Gasteiger partial charge in [0.25, 0.3) is 5.91 Å². The summed E-state index contributed by atoms with van der Waals surface area (Å²) in [4.78, 5) is 31.1. The number of nitrogens with one attached hydrogen (secondary N) is 2. The van der Waals surface area contributed by atoms with E-state index in [1.807, 2.05) is 0 Å². The van der Waals surface area contributed by atoms with E-state index in [-0.39, 0.29) is 48.7 Å². The predicted molar refractivity (Wildman–Crippen MR) is 136 cm³/mol. The minimum absolute atomic E-state index is 0. The van der Waals surface area contributed by atoms with Crippen molar-refractivity contribution in [2.75, 3.05) is 38.2 Å². The summed E-state index contributed by atoms with van der Waals surface area (Å²) in [5.74, 6) is -1.33. The van der Waals surface area contributed by atoms with Crippen LogP contribution in [0.5, 0.6) is 0 Å². The van der Waals surface area contributed by atoms with Crippen molar-refractivity contribution in [3.63, 3.8) is 0 Å². The van der Waals surface area contributed by atoms with Gasteiger partial charge in [-0.1, -0.05) is 6.07 Å². The van der Waals surface area contributed by atoms with Gasteiger partial charge in [-0.25, -0.2) is 9.37 Å². The Labute approximate surface area is 227 Å². The molecule has 0 aliphatic carbocycles. The van der Waals surface area contributed by atoms with Crippen LogP contribution in [0.25, 0.3) is 10.9 Å². The van der Waals surface area contributed by atoms with Gasteiger partial charge in [-0.3, -0.25) is 14.3 Å². The molecular formula is C25H27ClF4N6O3. The minimum atomic E-state index is -4.54. The molecule has 0 bridgehead atoms. The molecule has 2 saturated heterocycles. The molecule has 0 atom stereocenters. The number of aromatic nitrogens is 3. The van der Waals surface area contributed by atoms with Gasteiger partial charge in [-0.15, -0.1) is 12.4 Å². The Kier molecular flexibility index (Phi) is 8.60. The quantitative estimate of drug-likeness (QED) is 0.422. The van der Waals surface area contributed by atoms with Gasteiger partial charge in [0.1, 0.15) is 24.7 Å². The number of halogens is 5. The molecule has 4 heterocycles. The number of nitrogens with zero attached hydrogens (tertiary/aromatic N) is 4. The highest BCUT2D eigenvalue weighted by atomic mass is 35.5. The lowest BCUT2D eigenvalue weighted by molar-refractivity contribution is -0.138. The lowest BCUT2D eigenvalue weighted by Gasteiger charge is -2.38. The maximum Gasteiger partial charge on any atom is 0.405 e. The van der Waals surface area contributed by atoms with Crippen LogP contribution >= 0.6 is 12.4 Å². The minimum Gasteiger partial charge on any atom is -0.381 e. The third-order valence-corrected chi connectivity index (χ3v) is 6.67. The molecule has 2 aliphatic heterocycles. The molecule has 2 aromatic heterocycles. The van der Waals surface area contributed by atoms with E-state index in [0.717, 1.165) is 12.8 Å². The van der Waals surface area contributed by atoms with Crippen LogP contribution in [0.3, 0.4) is 0 Å². The van der Waals surface area contributed by atoms with Crippen LogP contribution < -0.4 is 10.6 Å². The van der Waals surface area contributed by atoms with E-state index < -0.39 is 31.0 Å². The van der Waals surface area contributed by atoms with Gasteiger partial charge in [0.2, 0.25) is 5.91 Å². The van der Waals surface area contributed by atoms with Crippen molar-refractivity contribution < 1.29 is 31.9 Å². The summed E-state index contributed by atoms with van der Waals surface area (Å²) in [5.41, 5.74) is 1.13. The molecule has 2 fully saturated rings. The van der Waals surface area contributed by atoms with E-state index in [4.69, 9.17) is 4.74 Å². The highest BCUT2D eigenvalue weighted by Crippen LogP contribution is 2.34. The molecule has 0 radical (unpaired) electrons. The highest BCUT2D eigenvalue weighted by Gasteiger charge is 2.36. The third-order valence-electron chi connectivity index (χ3n) is 6.67. The van der Waals surface area contributed by atoms with E-state index in [9.17, 15) is 27.2 Å². The van der Waals surface area contributed by atoms with Crippen molar-refractivity contribution in [1.82, 2.24) is 25.0 Å². The van der Waals surface area contributed by atoms with Crippen molar-refractivity contribution in [3.8, 4) is 0 Å². The molecule has 9 nitrogen and oxygen atoms in total. The van der Waals surface area contributed by atoms with Crippen molar-refractivity contribution in [1.29, 1.82) is 0 Å². The molecular weight excluding hydrogens is 544 g/mol. The molecule has 0 spiro atoms. The standard InChI is InChI=1S/C25H26F4N6O3.ClH/c26-18-2-1-3-19-22(18)23(33-35(19)13-21(36)31-14-25(27,28)29)16-11-34(12-16)24(37)15-4-7-30-20(10-15)32-17-5-8-38-9-6-17;/h1-4,7,10,16-17H,5-6,8-9,11-14H2,(H,30,32)(H,31,36);1H. The zero-order valence-corrected chi connectivity index (χ0v) is 21.5. The number of likely N-dealkylation sites (tertiary alicyclic amines) is 1. The number of rotatable bonds is 7. The van der Waals surface area contributed by atoms with Crippen molar-refractivity contribution in [2.45, 2.75) is 37.5 Å². The first kappa shape index (κ1) is 28.6. The Morgan fingerprint density at radius 3 is 2.59 bits per heavy atom. The van der Waals surface area contributed by atoms with Crippen molar-refractivity contribution in [2.24, 2.45) is 0 Å². The fraction of sp³-hybridized carbons (Fsp3) is 0.440. The Morgan fingerprint density at radius 1 is 1.13 bits per heavy atom. The average molecular weight is 571 g/mol. The Bertz CT molecular complexity index is 1340. The van der Waals surface area contributed by atoms with Crippen LogP contribution in [0.2, 0.25) is 0 Å². The number of pyridine rings is 1. The Balaban J connectivity index is 0.00000353. The molecule has 14 heteroatoms. The van der Waals surface area contributed by atoms with Crippen LogP contribution in [-0.2, 0) is 16.1 Å². The number of carbonyl (C=O) groups excluding carboxylic acids is 2. The molecule has 2 amide bonds. The number of hydrogen-bond acceptors (Lipinski definition) is 6. The zero-order chi connectivity index (χ0) is 26.9. The van der Waals surface area contributed by atoms with Crippen molar-refractivity contribution >= 4 is 40.9 Å². The second-order valence-corrected chi connectivity index (χ2v) is 9.44. The number of anilines is 1. The molecule has 2 aliphatic rings. The van der Waals surface area contributed by atoms with Gasteiger partial charge < -0.3 is 20.3 Å². The first-order valence-electron chi connectivity index (χ1n) is 12.3. The molecule has 0 saturated carbocycles. The van der Waals surface area contributed by atoms with Gasteiger partial charge in [0.05, 0.1) is 16.6 Å². The lowest BCUT2D eigenvalue weighted by atomic mass is 9.93. The fourth-order valence-electron chi connectivity index (χ4n) is 4.71. The Morgan fingerprint density at radius 2 is 1.87 bits per heavy atom. The maximum atomic E-state index is 14.8. The molecule has 0 unspecified atom stereocenters. The number of benzene rings is 1. The van der Waals surface area contributed by atoms with E-state index in [2.05, 4.69) is 15.4 Å². The summed E-state index contributed by atoms with van der Waals surface area (Å²) in [6, 6.07) is 7.82. The van der Waals surface area contributed by atoms with Gasteiger partial charge in [-0.2, -0.15) is 18.3 Å². The maximum absolute atomic E-state index is 14.8. The third kappa shape index (κ3) is 6.59. The largest absolute Gasteiger partial charge is 0.405 e. The first-order valence-corrected chi connectivity index (χ1v) is 12.3. The summed E-state index contributed by atoms with van der Waals surface area (Å²) in [6.07, 6.45) is -1.26. The number of amides is 2. The normalized spacial score (nSPS) is 16.5. The highest BCUT2D eigenvalue weighted by molar-refractivity contribution is 5.95. The monoisotopic (exact) mass is 570 g/mol. The smallest absolute Gasteiger partial charge is 0.381 e. The molecule has 39 heavy (non-hydrogen) atoms. The van der Waals surface area contributed by atoms with E-state index in [1.165, 1.54) is 16.8 Å². The van der Waals surface area contributed by atoms with Gasteiger partial charge >= 0.3 is 6.18 Å². The number of hydrogen-bond donors (Lipinski definition) is 2. The molecule has 3 aromatic rings. The van der Waals surface area contributed by atoms with Crippen LogP contribution in [0.4, 0.5) is 23.4 Å². The molecule has 1 aromatic carbocycles. The number of carbonyl (C=O) groups is 2. The number of ether oxygens (including phenoxy) is 1. The summed E-state index contributed by atoms with van der Waals surface area (Å²) >= 11 is 0. The summed E-state index contributed by atoms with van der Waals surface area (Å²) in [5, 5.41) is 9.70. The molecule has 5 rings (SSSR count). The number of alkyl halides is 3. The first-order chi connectivity index (χ1) is 18.2. The van der Waals surface area contributed by atoms with Gasteiger partial charge in [0.15, 0.2) is 0 Å². The summed E-state index contributed by atoms with van der Waals surface area (Å²) in [7, 11) is 0. The van der Waals surface area contributed by atoms with Gasteiger partial charge in [0, 0.05) is 50.0 Å². The Hall–Kier alpha value is -3.45. The van der Waals surface area contributed by atoms with Crippen LogP contribution in [0.15, 0.2) is 36.5 Å². The fourth-order valence-corrected chi connectivity index (χ4v) is 4.71. The summed E-state index contributed by atoms with van der Waals surface area (Å²) in [6.45, 7) is -0.0444. The average Bonchev–Trinajstić information content (AvgIpc) is 3.21. The topological polar surface area (TPSA) is 101 Å². The lowest BCUT2D eigenvalue weighted by Crippen LogP contribution is -2.48. The molecule has 210 valence electrons. The van der Waals surface area contributed by atoms with Crippen LogP contribution in [0, 0.1) is 5.82 Å². The predicted octanol–water partition coefficient (Wildman–Crippen LogP) is 3.50.